The van der Waals surface area contributed by atoms with E-state index in [9.17, 15) is 4.79 Å². The van der Waals surface area contributed by atoms with Crippen LogP contribution in [-0.2, 0) is 16.1 Å². The topological polar surface area (TPSA) is 53.4 Å². The predicted octanol–water partition coefficient (Wildman–Crippen LogP) is 4.84. The van der Waals surface area contributed by atoms with Crippen molar-refractivity contribution >= 4 is 23.6 Å². The maximum atomic E-state index is 12.0. The van der Waals surface area contributed by atoms with E-state index >= 15 is 0 Å². The van der Waals surface area contributed by atoms with Crippen LogP contribution in [0.25, 0.3) is 6.08 Å². The zero-order valence-electron chi connectivity index (χ0n) is 16.5. The number of ether oxygens (including phenoxy) is 2. The summed E-state index contributed by atoms with van der Waals surface area (Å²) in [6.45, 7) is 4.87. The molecule has 29 heavy (non-hydrogen) atoms. The van der Waals surface area contributed by atoms with Gasteiger partial charge in [0.15, 0.2) is 0 Å². The van der Waals surface area contributed by atoms with Gasteiger partial charge in [0, 0.05) is 11.6 Å². The molecule has 1 heterocycles. The lowest BCUT2D eigenvalue weighted by Gasteiger charge is -2.06. The first-order valence-electron chi connectivity index (χ1n) is 9.34. The quantitative estimate of drug-likeness (QED) is 0.303. The summed E-state index contributed by atoms with van der Waals surface area (Å²) in [7, 11) is 0. The van der Waals surface area contributed by atoms with Crippen LogP contribution in [0, 0.1) is 13.8 Å². The lowest BCUT2D eigenvalue weighted by Crippen LogP contribution is -2.10. The van der Waals surface area contributed by atoms with Crippen LogP contribution in [0.5, 0.6) is 5.75 Å². The molecule has 0 spiro atoms. The number of carbonyl (C=O) groups is 1. The van der Waals surface area contributed by atoms with Gasteiger partial charge in [-0.3, -0.25) is 0 Å². The van der Waals surface area contributed by atoms with Crippen molar-refractivity contribution in [1.29, 1.82) is 0 Å². The molecule has 150 valence electrons. The number of carbonyl (C=O) groups excluding carboxylic acids is 1. The lowest BCUT2D eigenvalue weighted by molar-refractivity contribution is -0.138. The van der Waals surface area contributed by atoms with Gasteiger partial charge in [-0.15, -0.1) is 0 Å². The highest BCUT2D eigenvalue weighted by molar-refractivity contribution is 6.31. The fraction of sp³-hybridized carbons (Fsp3) is 0.217. The normalized spacial score (nSPS) is 11.0. The number of hydrogen-bond acceptors (Lipinski definition) is 4. The molecule has 0 amide bonds. The van der Waals surface area contributed by atoms with Crippen LogP contribution in [-0.4, -0.2) is 29.0 Å². The largest absolute Gasteiger partial charge is 0.490 e. The maximum absolute atomic E-state index is 12.0. The standard InChI is InChI=1S/C23H23ClN2O3/c1-17-7-6-10-20(15-17)28-13-14-29-22(27)12-11-21-18(2)25-26(23(21)24)16-19-8-4-3-5-9-19/h3-12,15H,13-14,16H2,1-2H3/b12-11+. The number of benzene rings is 2. The van der Waals surface area contributed by atoms with Gasteiger partial charge in [0.1, 0.15) is 24.1 Å². The monoisotopic (exact) mass is 410 g/mol. The van der Waals surface area contributed by atoms with Gasteiger partial charge in [0.2, 0.25) is 0 Å². The van der Waals surface area contributed by atoms with Gasteiger partial charge < -0.3 is 9.47 Å². The van der Waals surface area contributed by atoms with Gasteiger partial charge in [-0.05, 0) is 43.2 Å². The van der Waals surface area contributed by atoms with E-state index < -0.39 is 5.97 Å². The molecule has 1 aromatic heterocycles. The Kier molecular flexibility index (Phi) is 7.09. The summed E-state index contributed by atoms with van der Waals surface area (Å²) in [5.74, 6) is 0.300. The van der Waals surface area contributed by atoms with Crippen molar-refractivity contribution in [2.45, 2.75) is 20.4 Å². The molecule has 0 saturated heterocycles. The molecule has 0 unspecified atom stereocenters. The molecule has 3 rings (SSSR count). The average Bonchev–Trinajstić information content (AvgIpc) is 2.97. The highest BCUT2D eigenvalue weighted by Gasteiger charge is 2.12. The summed E-state index contributed by atoms with van der Waals surface area (Å²) in [6, 6.07) is 17.6. The van der Waals surface area contributed by atoms with E-state index in [2.05, 4.69) is 5.10 Å². The van der Waals surface area contributed by atoms with Gasteiger partial charge in [-0.25, -0.2) is 9.48 Å². The van der Waals surface area contributed by atoms with Crippen LogP contribution in [0.4, 0.5) is 0 Å². The first-order valence-corrected chi connectivity index (χ1v) is 9.72. The lowest BCUT2D eigenvalue weighted by atomic mass is 10.2. The molecule has 0 N–H and O–H groups in total. The summed E-state index contributed by atoms with van der Waals surface area (Å²) < 4.78 is 12.5. The summed E-state index contributed by atoms with van der Waals surface area (Å²) >= 11 is 6.45. The van der Waals surface area contributed by atoms with Crippen LogP contribution in [0.3, 0.4) is 0 Å². The number of aromatic nitrogens is 2. The molecule has 2 aromatic carbocycles. The molecular weight excluding hydrogens is 388 g/mol. The fourth-order valence-electron chi connectivity index (χ4n) is 2.82. The minimum atomic E-state index is -0.455. The average molecular weight is 411 g/mol. The number of esters is 1. The molecule has 0 bridgehead atoms. The Hall–Kier alpha value is -3.05. The Bertz CT molecular complexity index is 997. The van der Waals surface area contributed by atoms with Crippen LogP contribution in [0.2, 0.25) is 5.15 Å². The summed E-state index contributed by atoms with van der Waals surface area (Å²) in [5.41, 5.74) is 3.66. The minimum absolute atomic E-state index is 0.164. The number of halogens is 1. The molecule has 0 aliphatic rings. The van der Waals surface area contributed by atoms with E-state index in [1.165, 1.54) is 6.08 Å². The smallest absolute Gasteiger partial charge is 0.330 e. The maximum Gasteiger partial charge on any atom is 0.330 e. The van der Waals surface area contributed by atoms with Crippen LogP contribution < -0.4 is 4.74 Å². The first kappa shape index (κ1) is 20.7. The Morgan fingerprint density at radius 1 is 1.10 bits per heavy atom. The van der Waals surface area contributed by atoms with E-state index in [1.54, 1.807) is 10.8 Å². The minimum Gasteiger partial charge on any atom is -0.490 e. The molecule has 0 atom stereocenters. The SMILES string of the molecule is Cc1cccc(OCCOC(=O)/C=C/c2c(C)nn(Cc3ccccc3)c2Cl)c1. The molecule has 3 aromatic rings. The van der Waals surface area contributed by atoms with Crippen molar-refractivity contribution < 1.29 is 14.3 Å². The molecule has 0 aliphatic heterocycles. The Morgan fingerprint density at radius 3 is 2.66 bits per heavy atom. The van der Waals surface area contributed by atoms with E-state index in [0.29, 0.717) is 17.3 Å². The first-order chi connectivity index (χ1) is 14.0. The molecule has 0 fully saturated rings. The Morgan fingerprint density at radius 2 is 1.90 bits per heavy atom. The van der Waals surface area contributed by atoms with E-state index in [1.807, 2.05) is 68.4 Å². The molecule has 6 heteroatoms. The molecule has 0 aliphatic carbocycles. The van der Waals surface area contributed by atoms with E-state index in [0.717, 1.165) is 22.6 Å². The van der Waals surface area contributed by atoms with Gasteiger partial charge in [-0.1, -0.05) is 54.1 Å². The Labute approximate surface area is 175 Å². The van der Waals surface area contributed by atoms with Crippen LogP contribution in [0.15, 0.2) is 60.7 Å². The summed E-state index contributed by atoms with van der Waals surface area (Å²) in [5, 5.41) is 4.95. The second kappa shape index (κ2) is 9.94. The predicted molar refractivity (Wildman–Crippen MR) is 114 cm³/mol. The Balaban J connectivity index is 1.52. The van der Waals surface area contributed by atoms with Crippen molar-refractivity contribution in [2.75, 3.05) is 13.2 Å². The van der Waals surface area contributed by atoms with Crippen molar-refractivity contribution in [3.63, 3.8) is 0 Å². The van der Waals surface area contributed by atoms with Crippen LogP contribution >= 0.6 is 11.6 Å². The highest BCUT2D eigenvalue weighted by Crippen LogP contribution is 2.22. The van der Waals surface area contributed by atoms with Gasteiger partial charge in [0.25, 0.3) is 0 Å². The van der Waals surface area contributed by atoms with Crippen LogP contribution in [0.1, 0.15) is 22.4 Å². The van der Waals surface area contributed by atoms with Gasteiger partial charge in [-0.2, -0.15) is 5.10 Å². The van der Waals surface area contributed by atoms with Gasteiger partial charge >= 0.3 is 5.97 Å². The van der Waals surface area contributed by atoms with Gasteiger partial charge in [0.05, 0.1) is 12.2 Å². The van der Waals surface area contributed by atoms with E-state index in [-0.39, 0.29) is 13.2 Å². The number of nitrogens with zero attached hydrogens (tertiary/aromatic N) is 2. The second-order valence-corrected chi connectivity index (χ2v) is 6.96. The molecular formula is C23H23ClN2O3. The number of hydrogen-bond donors (Lipinski definition) is 0. The highest BCUT2D eigenvalue weighted by atomic mass is 35.5. The zero-order chi connectivity index (χ0) is 20.6. The number of rotatable bonds is 8. The third-order valence-corrected chi connectivity index (χ3v) is 4.66. The third-order valence-electron chi connectivity index (χ3n) is 4.26. The second-order valence-electron chi connectivity index (χ2n) is 6.60. The van der Waals surface area contributed by atoms with Crippen molar-refractivity contribution in [1.82, 2.24) is 9.78 Å². The number of aryl methyl sites for hydroxylation is 2. The van der Waals surface area contributed by atoms with E-state index in [4.69, 9.17) is 21.1 Å². The fourth-order valence-corrected chi connectivity index (χ4v) is 3.12. The third kappa shape index (κ3) is 5.96. The molecule has 0 saturated carbocycles. The zero-order valence-corrected chi connectivity index (χ0v) is 17.2. The molecule has 5 nitrogen and oxygen atoms in total. The molecule has 0 radical (unpaired) electrons. The van der Waals surface area contributed by atoms with Crippen molar-refractivity contribution in [3.8, 4) is 5.75 Å². The van der Waals surface area contributed by atoms with Crippen molar-refractivity contribution in [2.24, 2.45) is 0 Å². The van der Waals surface area contributed by atoms with Crippen molar-refractivity contribution in [3.05, 3.63) is 88.2 Å². The summed E-state index contributed by atoms with van der Waals surface area (Å²) in [4.78, 5) is 12.0. The summed E-state index contributed by atoms with van der Waals surface area (Å²) in [6.07, 6.45) is 2.99.